The molecule has 0 radical (unpaired) electrons. The number of carbonyl (C=O) groups is 1. The molecule has 0 bridgehead atoms. The largest absolute Gasteiger partial charge is 0.464 e. The molecule has 0 saturated heterocycles. The highest BCUT2D eigenvalue weighted by Gasteiger charge is 2.05. The monoisotopic (exact) mass is 252 g/mol. The van der Waals surface area contributed by atoms with Gasteiger partial charge in [-0.3, -0.25) is 4.98 Å². The third kappa shape index (κ3) is 5.75. The van der Waals surface area contributed by atoms with E-state index in [9.17, 15) is 4.79 Å². The molecule has 0 aromatic carbocycles. The molecule has 0 unspecified atom stereocenters. The Kier molecular flexibility index (Phi) is 6.98. The van der Waals surface area contributed by atoms with Crippen LogP contribution in [0.3, 0.4) is 0 Å². The van der Waals surface area contributed by atoms with Crippen LogP contribution >= 0.6 is 0 Å². The molecule has 0 saturated carbocycles. The van der Waals surface area contributed by atoms with Gasteiger partial charge in [0.1, 0.15) is 6.61 Å². The Balaban J connectivity index is 2.09. The van der Waals surface area contributed by atoms with E-state index in [4.69, 9.17) is 9.47 Å². The quantitative estimate of drug-likeness (QED) is 0.558. The zero-order valence-corrected chi connectivity index (χ0v) is 10.9. The second-order valence-corrected chi connectivity index (χ2v) is 3.79. The fourth-order valence-corrected chi connectivity index (χ4v) is 1.44. The van der Waals surface area contributed by atoms with Gasteiger partial charge in [0.05, 0.1) is 18.9 Å². The Morgan fingerprint density at radius 2 is 2.33 bits per heavy atom. The van der Waals surface area contributed by atoms with Gasteiger partial charge in [-0.15, -0.1) is 0 Å². The van der Waals surface area contributed by atoms with Crippen LogP contribution in [0.25, 0.3) is 0 Å². The van der Waals surface area contributed by atoms with Crippen LogP contribution in [0.5, 0.6) is 0 Å². The number of carbonyl (C=O) groups excluding carboxylic acids is 1. The second kappa shape index (κ2) is 8.60. The molecule has 1 aromatic heterocycles. The van der Waals surface area contributed by atoms with Crippen molar-refractivity contribution in [3.8, 4) is 0 Å². The van der Waals surface area contributed by atoms with E-state index in [2.05, 4.69) is 10.3 Å². The molecule has 18 heavy (non-hydrogen) atoms. The van der Waals surface area contributed by atoms with Crippen molar-refractivity contribution in [3.05, 3.63) is 30.1 Å². The van der Waals surface area contributed by atoms with Gasteiger partial charge in [0.2, 0.25) is 0 Å². The van der Waals surface area contributed by atoms with E-state index < -0.39 is 0 Å². The van der Waals surface area contributed by atoms with Crippen LogP contribution in [0.1, 0.15) is 25.6 Å². The predicted octanol–water partition coefficient (Wildman–Crippen LogP) is 1.31. The molecule has 1 atom stereocenters. The molecular weight excluding hydrogens is 232 g/mol. The van der Waals surface area contributed by atoms with Gasteiger partial charge < -0.3 is 14.8 Å². The summed E-state index contributed by atoms with van der Waals surface area (Å²) >= 11 is 0. The SMILES string of the molecule is CCOC(=O)COCCN[C@H](C)c1ccccn1. The molecule has 1 rings (SSSR count). The summed E-state index contributed by atoms with van der Waals surface area (Å²) in [5.74, 6) is -0.324. The van der Waals surface area contributed by atoms with Gasteiger partial charge in [-0.25, -0.2) is 4.79 Å². The summed E-state index contributed by atoms with van der Waals surface area (Å²) in [5, 5.41) is 3.27. The van der Waals surface area contributed by atoms with E-state index in [1.807, 2.05) is 25.1 Å². The Morgan fingerprint density at radius 3 is 3.00 bits per heavy atom. The summed E-state index contributed by atoms with van der Waals surface area (Å²) in [6.45, 7) is 5.33. The lowest BCUT2D eigenvalue weighted by Crippen LogP contribution is -2.25. The summed E-state index contributed by atoms with van der Waals surface area (Å²) in [4.78, 5) is 15.2. The number of rotatable bonds is 8. The molecular formula is C13H20N2O3. The minimum Gasteiger partial charge on any atom is -0.464 e. The number of aromatic nitrogens is 1. The number of hydrogen-bond acceptors (Lipinski definition) is 5. The van der Waals surface area contributed by atoms with Crippen LogP contribution in [0.4, 0.5) is 0 Å². The zero-order valence-electron chi connectivity index (χ0n) is 10.9. The molecule has 1 N–H and O–H groups in total. The summed E-state index contributed by atoms with van der Waals surface area (Å²) in [6, 6.07) is 5.98. The second-order valence-electron chi connectivity index (χ2n) is 3.79. The van der Waals surface area contributed by atoms with Crippen molar-refractivity contribution in [3.63, 3.8) is 0 Å². The minimum atomic E-state index is -0.324. The minimum absolute atomic E-state index is 0.00743. The summed E-state index contributed by atoms with van der Waals surface area (Å²) in [7, 11) is 0. The Hall–Kier alpha value is -1.46. The topological polar surface area (TPSA) is 60.5 Å². The van der Waals surface area contributed by atoms with Crippen molar-refractivity contribution in [1.82, 2.24) is 10.3 Å². The van der Waals surface area contributed by atoms with Gasteiger partial charge in [-0.2, -0.15) is 0 Å². The molecule has 0 aliphatic rings. The first-order valence-corrected chi connectivity index (χ1v) is 6.11. The maximum absolute atomic E-state index is 11.0. The van der Waals surface area contributed by atoms with Crippen molar-refractivity contribution < 1.29 is 14.3 Å². The van der Waals surface area contributed by atoms with Crippen LogP contribution in [-0.2, 0) is 14.3 Å². The first kappa shape index (κ1) is 14.6. The lowest BCUT2D eigenvalue weighted by molar-refractivity contribution is -0.148. The van der Waals surface area contributed by atoms with E-state index in [0.29, 0.717) is 19.8 Å². The highest BCUT2D eigenvalue weighted by Crippen LogP contribution is 2.06. The van der Waals surface area contributed by atoms with Crippen molar-refractivity contribution in [2.24, 2.45) is 0 Å². The maximum Gasteiger partial charge on any atom is 0.332 e. The average Bonchev–Trinajstić information content (AvgIpc) is 2.39. The van der Waals surface area contributed by atoms with Crippen LogP contribution in [0, 0.1) is 0 Å². The van der Waals surface area contributed by atoms with Gasteiger partial charge >= 0.3 is 5.97 Å². The van der Waals surface area contributed by atoms with E-state index >= 15 is 0 Å². The fraction of sp³-hybridized carbons (Fsp3) is 0.538. The van der Waals surface area contributed by atoms with Gasteiger partial charge in [0, 0.05) is 18.8 Å². The molecule has 0 spiro atoms. The molecule has 0 fully saturated rings. The Bertz CT molecular complexity index is 343. The van der Waals surface area contributed by atoms with Gasteiger partial charge in [-0.05, 0) is 26.0 Å². The normalized spacial score (nSPS) is 12.1. The van der Waals surface area contributed by atoms with Crippen molar-refractivity contribution in [2.75, 3.05) is 26.4 Å². The summed E-state index contributed by atoms with van der Waals surface area (Å²) in [5.41, 5.74) is 0.989. The number of hydrogen-bond donors (Lipinski definition) is 1. The number of nitrogens with zero attached hydrogens (tertiary/aromatic N) is 1. The third-order valence-corrected chi connectivity index (χ3v) is 2.35. The van der Waals surface area contributed by atoms with Crippen molar-refractivity contribution in [2.45, 2.75) is 19.9 Å². The fourth-order valence-electron chi connectivity index (χ4n) is 1.44. The first-order chi connectivity index (χ1) is 8.74. The number of nitrogens with one attached hydrogen (secondary N) is 1. The van der Waals surface area contributed by atoms with Gasteiger partial charge in [0.15, 0.2) is 0 Å². The highest BCUT2D eigenvalue weighted by atomic mass is 16.6. The molecule has 1 aromatic rings. The molecule has 1 heterocycles. The lowest BCUT2D eigenvalue weighted by atomic mass is 10.2. The Labute approximate surface area is 108 Å². The third-order valence-electron chi connectivity index (χ3n) is 2.35. The molecule has 0 aliphatic heterocycles. The zero-order chi connectivity index (χ0) is 13.2. The van der Waals surface area contributed by atoms with E-state index in [0.717, 1.165) is 5.69 Å². The molecule has 5 nitrogen and oxygen atoms in total. The van der Waals surface area contributed by atoms with Crippen molar-refractivity contribution in [1.29, 1.82) is 0 Å². The maximum atomic E-state index is 11.0. The molecule has 5 heteroatoms. The number of ether oxygens (including phenoxy) is 2. The predicted molar refractivity (Wildman–Crippen MR) is 68.1 cm³/mol. The van der Waals surface area contributed by atoms with Crippen LogP contribution in [0.2, 0.25) is 0 Å². The Morgan fingerprint density at radius 1 is 1.50 bits per heavy atom. The van der Waals surface area contributed by atoms with Gasteiger partial charge in [0.25, 0.3) is 0 Å². The standard InChI is InChI=1S/C13H20N2O3/c1-3-18-13(16)10-17-9-8-14-11(2)12-6-4-5-7-15-12/h4-7,11,14H,3,8-10H2,1-2H3/t11-/m1/s1. The van der Waals surface area contributed by atoms with Crippen LogP contribution in [0.15, 0.2) is 24.4 Å². The van der Waals surface area contributed by atoms with Gasteiger partial charge in [-0.1, -0.05) is 6.07 Å². The summed E-state index contributed by atoms with van der Waals surface area (Å²) in [6.07, 6.45) is 1.77. The first-order valence-electron chi connectivity index (χ1n) is 6.11. The number of pyridine rings is 1. The van der Waals surface area contributed by atoms with E-state index in [-0.39, 0.29) is 18.6 Å². The van der Waals surface area contributed by atoms with E-state index in [1.165, 1.54) is 0 Å². The highest BCUT2D eigenvalue weighted by molar-refractivity contribution is 5.70. The molecule has 0 amide bonds. The van der Waals surface area contributed by atoms with Crippen LogP contribution in [-0.4, -0.2) is 37.3 Å². The smallest absolute Gasteiger partial charge is 0.332 e. The van der Waals surface area contributed by atoms with Crippen LogP contribution < -0.4 is 5.32 Å². The van der Waals surface area contributed by atoms with Crippen molar-refractivity contribution >= 4 is 5.97 Å². The lowest BCUT2D eigenvalue weighted by Gasteiger charge is -2.12. The average molecular weight is 252 g/mol. The van der Waals surface area contributed by atoms with E-state index in [1.54, 1.807) is 13.1 Å². The molecule has 0 aliphatic carbocycles. The summed E-state index contributed by atoms with van der Waals surface area (Å²) < 4.78 is 9.92. The molecule has 100 valence electrons. The number of esters is 1.